The van der Waals surface area contributed by atoms with E-state index in [0.29, 0.717) is 121 Å². The molecule has 0 radical (unpaired) electrons. The van der Waals surface area contributed by atoms with Crippen molar-refractivity contribution in [1.29, 1.82) is 0 Å². The van der Waals surface area contributed by atoms with Gasteiger partial charge in [-0.25, -0.2) is 18.8 Å². The van der Waals surface area contributed by atoms with Crippen molar-refractivity contribution in [2.45, 2.75) is 326 Å². The molecule has 2 amide bonds. The maximum atomic E-state index is 17.0. The highest BCUT2D eigenvalue weighted by Gasteiger charge is 2.63. The molecule has 8 heterocycles. The third-order valence-electron chi connectivity index (χ3n) is 26.4. The highest BCUT2D eigenvalue weighted by atomic mass is 19.1. The van der Waals surface area contributed by atoms with E-state index in [9.17, 15) is 44.1 Å². The molecular weight excluding hydrogens is 1580 g/mol. The van der Waals surface area contributed by atoms with Crippen LogP contribution in [0.15, 0.2) is 60.9 Å². The number of halogens is 1. The molecule has 122 heavy (non-hydrogen) atoms. The van der Waals surface area contributed by atoms with E-state index in [0.717, 1.165) is 23.7 Å². The number of cyclic esters (lactones) is 2. The van der Waals surface area contributed by atoms with Crippen LogP contribution in [-0.4, -0.2) is 301 Å². The van der Waals surface area contributed by atoms with Crippen LogP contribution in [0.4, 0.5) is 25.4 Å². The summed E-state index contributed by atoms with van der Waals surface area (Å²) >= 11 is 0. The standard InChI is InChI=1S/C44H70FN7O9.C44H71N7O10/c1-12-31-22-33(50(9)10)35(53)39(58-31)60-38-27(4)37(54)43(7,45)40(55)59-34(13-2)44(8)36(28(5)47-24-26(3)23-42(38,6)57-11)52(41(56)61-44)20-15-14-19-51-25-32(48-49-51)29-17-16-18-30(46)21-29;1-12-32-36(53)34(49(9)10)37(54)41(58-32)60-39-26(4)35(52)27(5)40(55)59-33(13-2)44(8)38(28(6)46-23-25(3)22-43(39,7)57-11)51(42(56)61-44)20-15-14-19-50-24-31(47-48-50)29-17-16-18-30(45)21-29/h16-18,21,25-28,31,33-36,38-39,47,53H,12-15,19-20,22-24,46H2,1-11H3;16-18,21,24-28,32-34,36-39,41,46,53-54H,12-15,19-20,22-23,45H2,1-11H3/t26-,27-,28-,31-,33+,34-,35-,36-,38+,39?,42-,43+,44-;25-,26-,27-,28-,32-,33-,34+,36-,37-,38-,39+,41?,43-,44-/m11/s1. The van der Waals surface area contributed by atoms with E-state index in [-0.39, 0.29) is 36.4 Å². The molecule has 6 aliphatic heterocycles. The molecule has 0 bridgehead atoms. The van der Waals surface area contributed by atoms with Crippen LogP contribution in [0.2, 0.25) is 0 Å². The molecule has 4 aromatic rings. The van der Waals surface area contributed by atoms with E-state index in [1.54, 1.807) is 73.0 Å². The number of hydrogen-bond donors (Lipinski definition) is 7. The van der Waals surface area contributed by atoms with Gasteiger partial charge < -0.3 is 94.6 Å². The van der Waals surface area contributed by atoms with Gasteiger partial charge >= 0.3 is 24.1 Å². The molecule has 2 aromatic carbocycles. The SMILES string of the molecule is CC[C@@H]1C[C@H](N(C)C)[C@@H](O)C(O[C@H]2[C@H](C)C(=O)[C@](C)(F)C(=O)O[C@H](CC)[C@@]3(C)OC(=O)N(CCCCn4cc(-c5cccc(N)c5)nn4)[C@@H]3[C@@H](C)NC[C@H](C)C[C@@]2(C)OC)O1.CC[C@H]1OC(O[C@H]2[C@H](C)C(=O)[C@@H](C)C(=O)O[C@H](CC)[C@@]3(C)OC(=O)N(CCCCn4cc(-c5cccc(N)c5)nn4)[C@@H]3[C@@H](C)NC[C@H](C)C[C@@]2(C)OC)[C@H](O)[C@@H](N(C)C)[C@@H]1O. The van der Waals surface area contributed by atoms with Crippen LogP contribution in [0.25, 0.3) is 22.5 Å². The summed E-state index contributed by atoms with van der Waals surface area (Å²) < 4.78 is 83.2. The van der Waals surface area contributed by atoms with Crippen LogP contribution in [0.3, 0.4) is 0 Å². The second-order valence-corrected chi connectivity index (χ2v) is 36.3. The first kappa shape index (κ1) is 98.3. The Morgan fingerprint density at radius 3 is 1.46 bits per heavy atom. The number of carbonyl (C=O) groups is 6. The van der Waals surface area contributed by atoms with Crippen molar-refractivity contribution in [1.82, 2.24) is 60.2 Å². The van der Waals surface area contributed by atoms with E-state index in [1.807, 2.05) is 135 Å². The summed E-state index contributed by atoms with van der Waals surface area (Å²) in [5.74, 6) is -7.26. The molecule has 0 spiro atoms. The number of nitrogen functional groups attached to an aromatic ring is 2. The predicted molar refractivity (Wildman–Crippen MR) is 455 cm³/mol. The number of methoxy groups -OCH3 is 2. The minimum atomic E-state index is -3.13. The first-order valence-corrected chi connectivity index (χ1v) is 43.8. The molecule has 2 aromatic heterocycles. The number of amides is 2. The maximum Gasteiger partial charge on any atom is 0.410 e. The molecule has 9 N–H and O–H groups in total. The number of aliphatic hydroxyl groups is 3. The number of carbonyl (C=O) groups excluding carboxylic acids is 6. The lowest BCUT2D eigenvalue weighted by Gasteiger charge is -2.48. The van der Waals surface area contributed by atoms with Crippen molar-refractivity contribution in [2.75, 3.05) is 80.1 Å². The average molecular weight is 1720 g/mol. The summed E-state index contributed by atoms with van der Waals surface area (Å²) in [6.45, 7) is 31.1. The number of aryl methyl sites for hydroxylation is 2. The number of likely N-dealkylation sites (N-methyl/N-ethyl adjacent to an activating group) is 2. The number of Topliss-reactive ketones (excluding diaryl/α,β-unsaturated/α-hetero) is 2. The number of fused-ring (bicyclic) bond motifs is 2. The van der Waals surface area contributed by atoms with Gasteiger partial charge in [-0.2, -0.15) is 0 Å². The van der Waals surface area contributed by atoms with E-state index in [4.69, 9.17) is 58.8 Å². The van der Waals surface area contributed by atoms with Crippen LogP contribution in [0.1, 0.15) is 181 Å². The largest absolute Gasteiger partial charge is 0.458 e. The number of unbranched alkanes of at least 4 members (excludes halogenated alkanes) is 2. The topological polar surface area (TPSA) is 406 Å². The number of alkyl halides is 1. The number of anilines is 2. The zero-order valence-corrected chi connectivity index (χ0v) is 75.9. The number of aromatic nitrogens is 6. The second kappa shape index (κ2) is 41.8. The molecule has 10 rings (SSSR count). The zero-order valence-electron chi connectivity index (χ0n) is 75.9. The molecule has 0 saturated carbocycles. The molecule has 6 saturated heterocycles. The van der Waals surface area contributed by atoms with Gasteiger partial charge in [0.1, 0.15) is 41.7 Å². The van der Waals surface area contributed by atoms with Crippen LogP contribution in [-0.2, 0) is 79.6 Å². The van der Waals surface area contributed by atoms with Gasteiger partial charge in [0.15, 0.2) is 35.3 Å². The van der Waals surface area contributed by atoms with E-state index in [2.05, 4.69) is 38.2 Å². The van der Waals surface area contributed by atoms with Gasteiger partial charge in [-0.1, -0.05) is 90.1 Å². The molecule has 27 atom stereocenters. The van der Waals surface area contributed by atoms with E-state index < -0.39 is 167 Å². The predicted octanol–water partition coefficient (Wildman–Crippen LogP) is 8.41. The Hall–Kier alpha value is -7.45. The van der Waals surface area contributed by atoms with Crippen molar-refractivity contribution in [2.24, 2.45) is 29.6 Å². The normalized spacial score (nSPS) is 36.9. The molecule has 6 fully saturated rings. The number of esters is 2. The monoisotopic (exact) mass is 1720 g/mol. The quantitative estimate of drug-likeness (QED) is 0.0114. The lowest BCUT2D eigenvalue weighted by atomic mass is 9.78. The van der Waals surface area contributed by atoms with E-state index >= 15 is 4.39 Å². The average Bonchev–Trinajstić information content (AvgIpc) is 1.59. The van der Waals surface area contributed by atoms with Crippen molar-refractivity contribution < 1.29 is 95.8 Å². The number of nitrogens with zero attached hydrogens (tertiary/aromatic N) is 10. The molecular formula is C88H141FN14O19. The second-order valence-electron chi connectivity index (χ2n) is 36.3. The maximum absolute atomic E-state index is 17.0. The summed E-state index contributed by atoms with van der Waals surface area (Å²) in [7, 11) is 10.3. The van der Waals surface area contributed by atoms with Gasteiger partial charge in [-0.15, -0.1) is 10.2 Å². The number of rotatable bonds is 24. The summed E-state index contributed by atoms with van der Waals surface area (Å²) in [4.78, 5) is 91.6. The zero-order chi connectivity index (χ0) is 90.0. The summed E-state index contributed by atoms with van der Waals surface area (Å²) in [5.41, 5.74) is 8.20. The van der Waals surface area contributed by atoms with Gasteiger partial charge in [0.25, 0.3) is 5.67 Å². The van der Waals surface area contributed by atoms with Gasteiger partial charge in [-0.05, 0) is 203 Å². The third kappa shape index (κ3) is 22.0. The Labute approximate surface area is 719 Å². The minimum absolute atomic E-state index is 0.0576. The van der Waals surface area contributed by atoms with Gasteiger partial charge in [-0.3, -0.25) is 33.5 Å². The Kier molecular flexibility index (Phi) is 33.7. The molecule has 34 heteroatoms. The number of nitrogens with two attached hydrogens (primary N) is 2. The van der Waals surface area contributed by atoms with Gasteiger partial charge in [0, 0.05) is 92.9 Å². The molecule has 33 nitrogen and oxygen atoms in total. The van der Waals surface area contributed by atoms with Gasteiger partial charge in [0.2, 0.25) is 0 Å². The first-order chi connectivity index (χ1) is 57.5. The van der Waals surface area contributed by atoms with Crippen LogP contribution >= 0.6 is 0 Å². The van der Waals surface area contributed by atoms with Crippen molar-refractivity contribution in [3.63, 3.8) is 0 Å². The number of aliphatic hydroxyl groups excluding tert-OH is 3. The van der Waals surface area contributed by atoms with Crippen LogP contribution < -0.4 is 22.1 Å². The molecule has 684 valence electrons. The van der Waals surface area contributed by atoms with Crippen molar-refractivity contribution in [3.05, 3.63) is 60.9 Å². The highest BCUT2D eigenvalue weighted by Crippen LogP contribution is 2.45. The van der Waals surface area contributed by atoms with Gasteiger partial charge in [0.05, 0.1) is 72.2 Å². The Morgan fingerprint density at radius 1 is 0.582 bits per heavy atom. The summed E-state index contributed by atoms with van der Waals surface area (Å²) in [6.07, 6.45) is -2.56. The first-order valence-electron chi connectivity index (χ1n) is 43.8. The molecule has 0 aliphatic carbocycles. The summed E-state index contributed by atoms with van der Waals surface area (Å²) in [6, 6.07) is 12.0. The lowest BCUT2D eigenvalue weighted by Crippen LogP contribution is -2.64. The van der Waals surface area contributed by atoms with Crippen LogP contribution in [0, 0.1) is 29.6 Å². The van der Waals surface area contributed by atoms with Crippen molar-refractivity contribution >= 4 is 47.1 Å². The number of ether oxygens (including phenoxy) is 10. The lowest BCUT2D eigenvalue weighted by molar-refractivity contribution is -0.316. The Morgan fingerprint density at radius 2 is 1.03 bits per heavy atom. The number of hydrogen-bond acceptors (Lipinski definition) is 29. The summed E-state index contributed by atoms with van der Waals surface area (Å²) in [5, 5.41) is 58.6. The van der Waals surface area contributed by atoms with Crippen molar-refractivity contribution in [3.8, 4) is 22.5 Å². The minimum Gasteiger partial charge on any atom is -0.458 e. The Bertz CT molecular complexity index is 4120. The fourth-order valence-corrected chi connectivity index (χ4v) is 19.4. The number of nitrogens with one attached hydrogen (secondary N) is 2. The van der Waals surface area contributed by atoms with E-state index in [1.165, 1.54) is 21.0 Å². The smallest absolute Gasteiger partial charge is 0.410 e. The number of ketones is 2. The molecule has 6 aliphatic rings. The highest BCUT2D eigenvalue weighted by molar-refractivity contribution is 6.08. The van der Waals surface area contributed by atoms with Crippen LogP contribution in [0.5, 0.6) is 0 Å². The fourth-order valence-electron chi connectivity index (χ4n) is 19.4. The molecule has 2 unspecified atom stereocenters. The Balaban J connectivity index is 0.000000277. The number of benzene rings is 2. The third-order valence-corrected chi connectivity index (χ3v) is 26.4. The fraction of sp³-hybridized carbons (Fsp3) is 0.750.